The van der Waals surface area contributed by atoms with Crippen LogP contribution in [0.2, 0.25) is 0 Å². The Morgan fingerprint density at radius 2 is 1.94 bits per heavy atom. The van der Waals surface area contributed by atoms with Gasteiger partial charge in [0.2, 0.25) is 5.91 Å². The molecule has 158 valence electrons. The molecule has 1 atom stereocenters. The molecule has 0 fully saturated rings. The van der Waals surface area contributed by atoms with E-state index in [0.29, 0.717) is 18.1 Å². The molecule has 0 radical (unpaired) electrons. The predicted molar refractivity (Wildman–Crippen MR) is 120 cm³/mol. The minimum absolute atomic E-state index is 0.117. The number of hydrogen-bond donors (Lipinski definition) is 1. The Bertz CT molecular complexity index is 1170. The molecule has 0 saturated heterocycles. The van der Waals surface area contributed by atoms with Crippen LogP contribution < -0.4 is 5.32 Å². The maximum absolute atomic E-state index is 13.3. The predicted octanol–water partition coefficient (Wildman–Crippen LogP) is 6.00. The maximum atomic E-state index is 13.3. The molecular formula is C25H23FN2O2S. The number of amides is 1. The average Bonchev–Trinajstić information content (AvgIpc) is 3.46. The van der Waals surface area contributed by atoms with E-state index in [4.69, 9.17) is 4.42 Å². The molecule has 4 nitrogen and oxygen atoms in total. The molecular weight excluding hydrogens is 411 g/mol. The lowest BCUT2D eigenvalue weighted by Gasteiger charge is -2.18. The van der Waals surface area contributed by atoms with Gasteiger partial charge in [-0.2, -0.15) is 0 Å². The van der Waals surface area contributed by atoms with Crippen LogP contribution >= 0.6 is 11.3 Å². The second kappa shape index (κ2) is 9.27. The van der Waals surface area contributed by atoms with Gasteiger partial charge in [-0.15, -0.1) is 11.3 Å². The van der Waals surface area contributed by atoms with Crippen molar-refractivity contribution in [1.29, 1.82) is 0 Å². The normalized spacial score (nSPS) is 12.0. The van der Waals surface area contributed by atoms with E-state index in [1.807, 2.05) is 23.6 Å². The van der Waals surface area contributed by atoms with Gasteiger partial charge in [0.15, 0.2) is 11.7 Å². The summed E-state index contributed by atoms with van der Waals surface area (Å²) in [6.45, 7) is 4.13. The van der Waals surface area contributed by atoms with Crippen LogP contribution in [0.5, 0.6) is 0 Å². The number of halogens is 1. The third-order valence-electron chi connectivity index (χ3n) is 5.25. The van der Waals surface area contributed by atoms with Gasteiger partial charge in [-0.05, 0) is 60.2 Å². The van der Waals surface area contributed by atoms with Gasteiger partial charge in [-0.1, -0.05) is 30.3 Å². The zero-order valence-electron chi connectivity index (χ0n) is 17.4. The minimum Gasteiger partial charge on any atom is -0.441 e. The standard InChI is InChI=1S/C25H23FN2O2S/c1-16-5-6-19(14-17(16)2)21-15-27-24(30-21)12-11-23(29)28-25(22-4-3-13-31-22)18-7-9-20(26)10-8-18/h3-10,13-15,25H,11-12H2,1-2H3,(H,28,29). The number of hydrogen-bond acceptors (Lipinski definition) is 4. The number of aromatic nitrogens is 1. The molecule has 2 aromatic heterocycles. The molecule has 1 unspecified atom stereocenters. The summed E-state index contributed by atoms with van der Waals surface area (Å²) in [6.07, 6.45) is 2.34. The molecule has 0 aliphatic carbocycles. The number of carbonyl (C=O) groups is 1. The van der Waals surface area contributed by atoms with Crippen LogP contribution in [0.4, 0.5) is 4.39 Å². The Kier molecular flexibility index (Phi) is 6.28. The van der Waals surface area contributed by atoms with Crippen molar-refractivity contribution < 1.29 is 13.6 Å². The van der Waals surface area contributed by atoms with E-state index in [1.165, 1.54) is 23.3 Å². The molecule has 1 N–H and O–H groups in total. The van der Waals surface area contributed by atoms with E-state index in [-0.39, 0.29) is 24.2 Å². The van der Waals surface area contributed by atoms with Crippen molar-refractivity contribution in [3.63, 3.8) is 0 Å². The van der Waals surface area contributed by atoms with Crippen molar-refractivity contribution in [2.24, 2.45) is 0 Å². The van der Waals surface area contributed by atoms with Gasteiger partial charge in [0, 0.05) is 23.3 Å². The highest BCUT2D eigenvalue weighted by Crippen LogP contribution is 2.27. The highest BCUT2D eigenvalue weighted by atomic mass is 32.1. The molecule has 6 heteroatoms. The first kappa shape index (κ1) is 21.0. The number of rotatable bonds is 7. The van der Waals surface area contributed by atoms with E-state index in [0.717, 1.165) is 16.0 Å². The largest absolute Gasteiger partial charge is 0.441 e. The van der Waals surface area contributed by atoms with Crippen LogP contribution in [0, 0.1) is 19.7 Å². The Balaban J connectivity index is 1.41. The van der Waals surface area contributed by atoms with E-state index in [2.05, 4.69) is 36.3 Å². The highest BCUT2D eigenvalue weighted by molar-refractivity contribution is 7.10. The van der Waals surface area contributed by atoms with Gasteiger partial charge in [-0.3, -0.25) is 4.79 Å². The second-order valence-electron chi connectivity index (χ2n) is 7.48. The van der Waals surface area contributed by atoms with Gasteiger partial charge in [0.1, 0.15) is 5.82 Å². The lowest BCUT2D eigenvalue weighted by Crippen LogP contribution is -2.29. The Hall–Kier alpha value is -3.25. The highest BCUT2D eigenvalue weighted by Gasteiger charge is 2.18. The van der Waals surface area contributed by atoms with Crippen molar-refractivity contribution in [3.8, 4) is 11.3 Å². The third-order valence-corrected chi connectivity index (χ3v) is 6.18. The Morgan fingerprint density at radius 1 is 1.13 bits per heavy atom. The van der Waals surface area contributed by atoms with Crippen LogP contribution in [0.1, 0.15) is 39.9 Å². The molecule has 2 aromatic carbocycles. The fourth-order valence-corrected chi connectivity index (χ4v) is 4.14. The van der Waals surface area contributed by atoms with Crippen LogP contribution in [0.25, 0.3) is 11.3 Å². The lowest BCUT2D eigenvalue weighted by atomic mass is 10.0. The molecule has 4 rings (SSSR count). The van der Waals surface area contributed by atoms with Crippen molar-refractivity contribution in [1.82, 2.24) is 10.3 Å². The van der Waals surface area contributed by atoms with Gasteiger partial charge in [-0.25, -0.2) is 9.37 Å². The monoisotopic (exact) mass is 434 g/mol. The molecule has 1 amide bonds. The number of thiophene rings is 1. The van der Waals surface area contributed by atoms with Gasteiger partial charge in [0.25, 0.3) is 0 Å². The summed E-state index contributed by atoms with van der Waals surface area (Å²) in [5, 5.41) is 5.01. The average molecular weight is 435 g/mol. The van der Waals surface area contributed by atoms with E-state index in [9.17, 15) is 9.18 Å². The lowest BCUT2D eigenvalue weighted by molar-refractivity contribution is -0.121. The SMILES string of the molecule is Cc1ccc(-c2cnc(CCC(=O)NC(c3ccc(F)cc3)c3cccs3)o2)cc1C. The number of nitrogens with zero attached hydrogens (tertiary/aromatic N) is 1. The van der Waals surface area contributed by atoms with Crippen molar-refractivity contribution in [2.75, 3.05) is 0 Å². The third kappa shape index (κ3) is 5.09. The van der Waals surface area contributed by atoms with Crippen molar-refractivity contribution in [3.05, 3.63) is 99.4 Å². The van der Waals surface area contributed by atoms with Gasteiger partial charge in [0.05, 0.1) is 12.2 Å². The fourth-order valence-electron chi connectivity index (χ4n) is 3.34. The summed E-state index contributed by atoms with van der Waals surface area (Å²) in [6, 6.07) is 15.9. The smallest absolute Gasteiger partial charge is 0.221 e. The van der Waals surface area contributed by atoms with Crippen molar-refractivity contribution >= 4 is 17.2 Å². The zero-order chi connectivity index (χ0) is 21.8. The van der Waals surface area contributed by atoms with Crippen LogP contribution in [-0.4, -0.2) is 10.9 Å². The topological polar surface area (TPSA) is 55.1 Å². The molecule has 0 aliphatic heterocycles. The summed E-state index contributed by atoms with van der Waals surface area (Å²) >= 11 is 1.55. The summed E-state index contributed by atoms with van der Waals surface area (Å²) in [7, 11) is 0. The number of nitrogens with one attached hydrogen (secondary N) is 1. The molecule has 0 aliphatic rings. The van der Waals surface area contributed by atoms with Crippen LogP contribution in [0.15, 0.2) is 70.6 Å². The fraction of sp³-hybridized carbons (Fsp3) is 0.200. The number of benzene rings is 2. The number of oxazole rings is 1. The first-order chi connectivity index (χ1) is 15.0. The summed E-state index contributed by atoms with van der Waals surface area (Å²) in [5.74, 6) is 0.802. The molecule has 0 saturated carbocycles. The number of carbonyl (C=O) groups excluding carboxylic acids is 1. The summed E-state index contributed by atoms with van der Waals surface area (Å²) < 4.78 is 19.2. The summed E-state index contributed by atoms with van der Waals surface area (Å²) in [4.78, 5) is 18.0. The molecule has 2 heterocycles. The van der Waals surface area contributed by atoms with E-state index >= 15 is 0 Å². The summed E-state index contributed by atoms with van der Waals surface area (Å²) in [5.41, 5.74) is 4.22. The number of aryl methyl sites for hydroxylation is 3. The van der Waals surface area contributed by atoms with Crippen molar-refractivity contribution in [2.45, 2.75) is 32.7 Å². The Labute approximate surface area is 184 Å². The van der Waals surface area contributed by atoms with Crippen LogP contribution in [0.3, 0.4) is 0 Å². The molecule has 0 bridgehead atoms. The van der Waals surface area contributed by atoms with Gasteiger partial charge < -0.3 is 9.73 Å². The Morgan fingerprint density at radius 3 is 2.65 bits per heavy atom. The maximum Gasteiger partial charge on any atom is 0.221 e. The minimum atomic E-state index is -0.316. The first-order valence-electron chi connectivity index (χ1n) is 10.1. The van der Waals surface area contributed by atoms with E-state index < -0.39 is 0 Å². The zero-order valence-corrected chi connectivity index (χ0v) is 18.2. The second-order valence-corrected chi connectivity index (χ2v) is 8.46. The quantitative estimate of drug-likeness (QED) is 0.388. The van der Waals surface area contributed by atoms with Crippen LogP contribution in [-0.2, 0) is 11.2 Å². The van der Waals surface area contributed by atoms with E-state index in [1.54, 1.807) is 29.7 Å². The first-order valence-corrected chi connectivity index (χ1v) is 11.0. The van der Waals surface area contributed by atoms with Gasteiger partial charge >= 0.3 is 0 Å². The molecule has 0 spiro atoms. The molecule has 31 heavy (non-hydrogen) atoms. The molecule has 4 aromatic rings.